The van der Waals surface area contributed by atoms with Gasteiger partial charge in [-0.25, -0.2) is 9.78 Å². The van der Waals surface area contributed by atoms with Crippen molar-refractivity contribution in [3.8, 4) is 0 Å². The molecule has 0 saturated carbocycles. The predicted molar refractivity (Wildman–Crippen MR) is 61.1 cm³/mol. The minimum atomic E-state index is -3.73. The fraction of sp³-hybridized carbons (Fsp3) is 0.556. The van der Waals surface area contributed by atoms with Gasteiger partial charge in [0.1, 0.15) is 12.7 Å². The number of aliphatic hydroxyl groups excluding tert-OH is 1. The summed E-state index contributed by atoms with van der Waals surface area (Å²) < 4.78 is 48.4. The zero-order valence-electron chi connectivity index (χ0n) is 9.93. The van der Waals surface area contributed by atoms with Gasteiger partial charge in [0.25, 0.3) is 0 Å². The summed E-state index contributed by atoms with van der Waals surface area (Å²) in [6, 6.07) is 1.27. The van der Waals surface area contributed by atoms with Crippen LogP contribution in [-0.4, -0.2) is 39.4 Å². The van der Waals surface area contributed by atoms with Gasteiger partial charge in [-0.15, -0.1) is 4.52 Å². The van der Waals surface area contributed by atoms with Crippen molar-refractivity contribution in [2.75, 3.05) is 6.61 Å². The Hall–Kier alpha value is -1.32. The van der Waals surface area contributed by atoms with Crippen molar-refractivity contribution < 1.29 is 27.7 Å². The van der Waals surface area contributed by atoms with Crippen molar-refractivity contribution >= 4 is 8.18 Å². The van der Waals surface area contributed by atoms with Crippen molar-refractivity contribution in [3.63, 3.8) is 0 Å². The van der Waals surface area contributed by atoms with Crippen molar-refractivity contribution in [2.24, 2.45) is 5.50 Å². The fourth-order valence-electron chi connectivity index (χ4n) is 1.80. The molecule has 20 heavy (non-hydrogen) atoms. The van der Waals surface area contributed by atoms with Gasteiger partial charge in [-0.05, 0) is 10.6 Å². The average molecular weight is 310 g/mol. The van der Waals surface area contributed by atoms with Gasteiger partial charge in [-0.1, -0.05) is 5.50 Å². The van der Waals surface area contributed by atoms with E-state index in [-0.39, 0.29) is 0 Å². The Morgan fingerprint density at radius 1 is 1.65 bits per heavy atom. The van der Waals surface area contributed by atoms with Crippen molar-refractivity contribution in [1.82, 2.24) is 9.55 Å². The highest BCUT2D eigenvalue weighted by atomic mass is 31.1. The maximum atomic E-state index is 13.9. The third-order valence-electron chi connectivity index (χ3n) is 2.74. The van der Waals surface area contributed by atoms with Gasteiger partial charge in [-0.2, -0.15) is 8.78 Å². The number of aliphatic hydroxyl groups is 1. The normalized spacial score (nSPS) is 29.4. The highest BCUT2D eigenvalue weighted by Crippen LogP contribution is 2.42. The molecule has 0 aromatic carbocycles. The summed E-state index contributed by atoms with van der Waals surface area (Å²) >= 11 is 0. The molecule has 2 heterocycles. The van der Waals surface area contributed by atoms with E-state index in [1.807, 2.05) is 0 Å². The summed E-state index contributed by atoms with van der Waals surface area (Å²) in [7, 11) is -2.51. The van der Waals surface area contributed by atoms with E-state index in [1.165, 1.54) is 6.07 Å². The molecule has 8 nitrogen and oxygen atoms in total. The average Bonchev–Trinajstić information content (AvgIpc) is 2.60. The Morgan fingerprint density at radius 2 is 2.35 bits per heavy atom. The van der Waals surface area contributed by atoms with Crippen molar-refractivity contribution in [3.05, 3.63) is 28.9 Å². The van der Waals surface area contributed by atoms with Gasteiger partial charge < -0.3 is 9.84 Å². The Balaban J connectivity index is 2.25. The lowest BCUT2D eigenvalue weighted by Gasteiger charge is -2.20. The molecule has 1 saturated heterocycles. The number of ether oxygens (including phenoxy) is 1. The van der Waals surface area contributed by atoms with E-state index in [2.05, 4.69) is 9.51 Å². The van der Waals surface area contributed by atoms with Crippen LogP contribution in [0.1, 0.15) is 6.23 Å². The molecule has 0 aliphatic carbocycles. The number of hydrogen-bond acceptors (Lipinski definition) is 6. The van der Waals surface area contributed by atoms with Gasteiger partial charge in [0.2, 0.25) is 6.23 Å². The van der Waals surface area contributed by atoms with E-state index in [0.29, 0.717) is 4.57 Å². The van der Waals surface area contributed by atoms with Crippen LogP contribution in [0.4, 0.5) is 8.78 Å². The minimum Gasteiger partial charge on any atom is -0.384 e. The molecular weight excluding hydrogens is 299 g/mol. The van der Waals surface area contributed by atoms with Crippen LogP contribution >= 0.6 is 8.18 Å². The van der Waals surface area contributed by atoms with Crippen molar-refractivity contribution in [1.29, 1.82) is 0 Å². The lowest BCUT2D eigenvalue weighted by Crippen LogP contribution is -2.41. The van der Waals surface area contributed by atoms with Crippen LogP contribution < -0.4 is 11.2 Å². The van der Waals surface area contributed by atoms with Crippen LogP contribution in [0.25, 0.3) is 0 Å². The molecule has 0 amide bonds. The van der Waals surface area contributed by atoms with Gasteiger partial charge in [-0.3, -0.25) is 4.57 Å². The molecule has 4 atom stereocenters. The van der Waals surface area contributed by atoms with E-state index < -0.39 is 44.8 Å². The molecule has 0 radical (unpaired) electrons. The van der Waals surface area contributed by atoms with Gasteiger partial charge in [0.05, 0.1) is 0 Å². The molecule has 110 valence electrons. The van der Waals surface area contributed by atoms with E-state index >= 15 is 0 Å². The van der Waals surface area contributed by atoms with Gasteiger partial charge >= 0.3 is 19.8 Å². The smallest absolute Gasteiger partial charge is 0.384 e. The standard InChI is InChI=1S/C9H11F2N3O5P/c10-9(11)6(15)5(4-18-20(12)17)19-7(9)14-3-1-2-13-8(14)16/h1-3,5-7,15H,4H2,(H2,12,17)/q+1. The Morgan fingerprint density at radius 3 is 2.95 bits per heavy atom. The van der Waals surface area contributed by atoms with Gasteiger partial charge in [0.15, 0.2) is 6.10 Å². The quantitative estimate of drug-likeness (QED) is 0.738. The van der Waals surface area contributed by atoms with Crippen molar-refractivity contribution in [2.45, 2.75) is 24.4 Å². The number of aromatic nitrogens is 2. The molecule has 1 aromatic heterocycles. The van der Waals surface area contributed by atoms with E-state index in [9.17, 15) is 23.2 Å². The van der Waals surface area contributed by atoms with Gasteiger partial charge in [0, 0.05) is 12.4 Å². The Kier molecular flexibility index (Phi) is 4.21. The van der Waals surface area contributed by atoms with Crippen LogP contribution in [0, 0.1) is 0 Å². The zero-order chi connectivity index (χ0) is 14.9. The first-order chi connectivity index (χ1) is 9.34. The molecule has 1 aromatic rings. The maximum absolute atomic E-state index is 13.9. The SMILES string of the molecule is N[P+](=O)OCC1OC(n2cccnc2=O)C(F)(F)C1O. The first-order valence-corrected chi connectivity index (χ1v) is 6.68. The first kappa shape index (κ1) is 15.1. The topological polar surface area (TPSA) is 117 Å². The molecule has 3 N–H and O–H groups in total. The minimum absolute atomic E-state index is 0.561. The lowest BCUT2D eigenvalue weighted by molar-refractivity contribution is -0.140. The summed E-state index contributed by atoms with van der Waals surface area (Å²) in [6.45, 7) is -0.589. The Bertz CT molecular complexity index is 569. The molecule has 4 unspecified atom stereocenters. The number of rotatable bonds is 4. The summed E-state index contributed by atoms with van der Waals surface area (Å²) in [5, 5.41) is 9.53. The number of nitrogens with zero attached hydrogens (tertiary/aromatic N) is 2. The second-order valence-corrected chi connectivity index (χ2v) is 4.87. The number of halogens is 2. The second kappa shape index (κ2) is 5.58. The molecule has 11 heteroatoms. The van der Waals surface area contributed by atoms with E-state index in [4.69, 9.17) is 10.2 Å². The van der Waals surface area contributed by atoms with Crippen LogP contribution in [-0.2, 0) is 13.8 Å². The Labute approximate surface area is 112 Å². The molecule has 0 spiro atoms. The molecule has 1 aliphatic heterocycles. The third kappa shape index (κ3) is 2.74. The largest absolute Gasteiger partial charge is 0.610 e. The molecular formula is C9H11F2N3O5P+. The third-order valence-corrected chi connectivity index (χ3v) is 3.14. The molecule has 2 rings (SSSR count). The van der Waals surface area contributed by atoms with E-state index in [0.717, 1.165) is 12.4 Å². The molecule has 1 aliphatic rings. The highest BCUT2D eigenvalue weighted by molar-refractivity contribution is 7.36. The van der Waals surface area contributed by atoms with Crippen LogP contribution in [0.5, 0.6) is 0 Å². The summed E-state index contributed by atoms with van der Waals surface area (Å²) in [5.74, 6) is -3.73. The van der Waals surface area contributed by atoms with Crippen LogP contribution in [0.2, 0.25) is 0 Å². The summed E-state index contributed by atoms with van der Waals surface area (Å²) in [4.78, 5) is 14.8. The lowest BCUT2D eigenvalue weighted by atomic mass is 10.1. The monoisotopic (exact) mass is 310 g/mol. The van der Waals surface area contributed by atoms with Crippen LogP contribution in [0.15, 0.2) is 23.3 Å². The van der Waals surface area contributed by atoms with E-state index in [1.54, 1.807) is 0 Å². The fourth-order valence-corrected chi connectivity index (χ4v) is 2.09. The van der Waals surface area contributed by atoms with Crippen LogP contribution in [0.3, 0.4) is 0 Å². The number of hydrogen-bond donors (Lipinski definition) is 2. The number of nitrogens with two attached hydrogens (primary N) is 1. The highest BCUT2D eigenvalue weighted by Gasteiger charge is 2.60. The molecule has 0 bridgehead atoms. The zero-order valence-corrected chi connectivity index (χ0v) is 10.8. The number of alkyl halides is 2. The second-order valence-electron chi connectivity index (χ2n) is 4.04. The first-order valence-electron chi connectivity index (χ1n) is 5.43. The maximum Gasteiger partial charge on any atom is 0.610 e. The predicted octanol–water partition coefficient (Wildman–Crippen LogP) is -0.230. The molecule has 1 fully saturated rings. The summed E-state index contributed by atoms with van der Waals surface area (Å²) in [6.07, 6.45) is -3.52. The summed E-state index contributed by atoms with van der Waals surface area (Å²) in [5.41, 5.74) is 3.90.